The monoisotopic (exact) mass is 542 g/mol. The largest absolute Gasteiger partial charge is 0.463 e. The van der Waals surface area contributed by atoms with Gasteiger partial charge in [0.25, 0.3) is 0 Å². The van der Waals surface area contributed by atoms with Gasteiger partial charge in [0, 0.05) is 26.7 Å². The number of hydrogen-bond donors (Lipinski definition) is 1. The van der Waals surface area contributed by atoms with Gasteiger partial charge in [-0.25, -0.2) is 4.79 Å². The summed E-state index contributed by atoms with van der Waals surface area (Å²) in [4.78, 5) is 33.9. The highest BCUT2D eigenvalue weighted by Crippen LogP contribution is 2.52. The predicted molar refractivity (Wildman–Crippen MR) is 141 cm³/mol. The lowest BCUT2D eigenvalue weighted by atomic mass is 9.81. The molecule has 4 fully saturated rings. The number of carbonyl (C=O) groups excluding carboxylic acids is 3. The normalized spacial score (nSPS) is 32.6. The van der Waals surface area contributed by atoms with Crippen molar-refractivity contribution in [3.63, 3.8) is 0 Å². The number of epoxide rings is 2. The summed E-state index contributed by atoms with van der Waals surface area (Å²) in [5, 5.41) is 9.57. The summed E-state index contributed by atoms with van der Waals surface area (Å²) < 4.78 is 26.9. The first-order valence-corrected chi connectivity index (χ1v) is 13.4. The minimum Gasteiger partial charge on any atom is -0.463 e. The zero-order chi connectivity index (χ0) is 28.4. The van der Waals surface area contributed by atoms with Gasteiger partial charge in [-0.15, -0.1) is 0 Å². The fourth-order valence-corrected chi connectivity index (χ4v) is 5.43. The fraction of sp³-hybridized carbons (Fsp3) is 0.567. The molecule has 0 amide bonds. The number of hydrogen-bond acceptors (Lipinski definition) is 9. The average Bonchev–Trinajstić information content (AvgIpc) is 3.77. The molecule has 0 radical (unpaired) electrons. The van der Waals surface area contributed by atoms with Crippen LogP contribution in [0, 0.1) is 6.92 Å². The van der Waals surface area contributed by atoms with E-state index in [0.29, 0.717) is 18.4 Å². The van der Waals surface area contributed by atoms with E-state index >= 15 is 0 Å². The molecule has 9 nitrogen and oxygen atoms in total. The Balaban J connectivity index is 0.000000202. The molecule has 1 aromatic rings. The van der Waals surface area contributed by atoms with Crippen LogP contribution in [0.1, 0.15) is 68.3 Å². The molecular formula is C30H38O9. The Labute approximate surface area is 229 Å². The van der Waals surface area contributed by atoms with Crippen LogP contribution < -0.4 is 0 Å². The van der Waals surface area contributed by atoms with Crippen molar-refractivity contribution in [3.05, 3.63) is 59.7 Å². The highest BCUT2D eigenvalue weighted by atomic mass is 16.6. The number of aliphatic hydroxyl groups excluding tert-OH is 1. The van der Waals surface area contributed by atoms with Crippen molar-refractivity contribution in [2.24, 2.45) is 0 Å². The van der Waals surface area contributed by atoms with Crippen LogP contribution in [0.3, 0.4) is 0 Å². The lowest BCUT2D eigenvalue weighted by molar-refractivity contribution is -0.142. The van der Waals surface area contributed by atoms with Crippen LogP contribution in [0.25, 0.3) is 0 Å². The Morgan fingerprint density at radius 1 is 0.897 bits per heavy atom. The minimum atomic E-state index is -0.508. The second kappa shape index (κ2) is 11.6. The average molecular weight is 543 g/mol. The summed E-state index contributed by atoms with van der Waals surface area (Å²) in [6.45, 7) is 13.2. The quantitative estimate of drug-likeness (QED) is 0.248. The van der Waals surface area contributed by atoms with E-state index in [1.54, 1.807) is 12.1 Å². The first kappa shape index (κ1) is 29.0. The smallest absolute Gasteiger partial charge is 0.338 e. The molecule has 6 atom stereocenters. The molecule has 5 rings (SSSR count). The Morgan fingerprint density at radius 3 is 1.95 bits per heavy atom. The molecule has 0 bridgehead atoms. The second-order valence-corrected chi connectivity index (χ2v) is 10.8. The zero-order valence-corrected chi connectivity index (χ0v) is 22.9. The van der Waals surface area contributed by atoms with Gasteiger partial charge < -0.3 is 28.8 Å². The first-order chi connectivity index (χ1) is 18.4. The van der Waals surface area contributed by atoms with Crippen LogP contribution in [0.5, 0.6) is 0 Å². The summed E-state index contributed by atoms with van der Waals surface area (Å²) in [7, 11) is 0. The van der Waals surface area contributed by atoms with Crippen molar-refractivity contribution in [1.29, 1.82) is 0 Å². The van der Waals surface area contributed by atoms with Crippen LogP contribution in [0.4, 0.5) is 0 Å². The molecule has 2 spiro atoms. The van der Waals surface area contributed by atoms with Crippen LogP contribution >= 0.6 is 0 Å². The number of benzene rings is 1. The van der Waals surface area contributed by atoms with Gasteiger partial charge in [0.1, 0.15) is 42.7 Å². The molecule has 212 valence electrons. The minimum absolute atomic E-state index is 0.108. The number of rotatable bonds is 6. The van der Waals surface area contributed by atoms with E-state index in [1.807, 2.05) is 19.1 Å². The number of esters is 3. The molecule has 2 aliphatic carbocycles. The second-order valence-electron chi connectivity index (χ2n) is 10.8. The molecular weight excluding hydrogens is 504 g/mol. The molecule has 2 heterocycles. The van der Waals surface area contributed by atoms with Gasteiger partial charge in [-0.3, -0.25) is 9.59 Å². The summed E-state index contributed by atoms with van der Waals surface area (Å²) in [5.41, 5.74) is 2.73. The summed E-state index contributed by atoms with van der Waals surface area (Å²) in [6, 6.07) is 7.32. The van der Waals surface area contributed by atoms with E-state index in [0.717, 1.165) is 42.4 Å². The molecule has 4 aliphatic rings. The highest BCUT2D eigenvalue weighted by Gasteiger charge is 2.62. The first-order valence-electron chi connectivity index (χ1n) is 13.4. The summed E-state index contributed by atoms with van der Waals surface area (Å²) >= 11 is 0. The van der Waals surface area contributed by atoms with E-state index in [4.69, 9.17) is 23.7 Å². The molecule has 9 heteroatoms. The van der Waals surface area contributed by atoms with E-state index in [-0.39, 0.29) is 55.5 Å². The molecule has 1 N–H and O–H groups in total. The third-order valence-electron chi connectivity index (χ3n) is 7.88. The maximum atomic E-state index is 12.3. The summed E-state index contributed by atoms with van der Waals surface area (Å²) in [5.74, 6) is -0.952. The van der Waals surface area contributed by atoms with Crippen molar-refractivity contribution in [3.8, 4) is 0 Å². The van der Waals surface area contributed by atoms with Crippen LogP contribution in [-0.4, -0.2) is 71.8 Å². The standard InChI is InChI=1S/C19H22O5.C11H16O4/c1-12-4-7-15(8-5-12)18(21)23-16-9-6-13(2)19(10-16)17(24-19)11-22-14(3)20;1-7-3-4-9(13)5-11(7)10(15-11)6-14-8(2)12/h4-5,7-8,16-17H,2,6,9-11H2,1,3H3;9-10,13H,1,3-6H2,2H3. The number of aliphatic hydroxyl groups is 1. The van der Waals surface area contributed by atoms with Gasteiger partial charge in [-0.1, -0.05) is 30.9 Å². The fourth-order valence-electron chi connectivity index (χ4n) is 5.43. The molecule has 39 heavy (non-hydrogen) atoms. The van der Waals surface area contributed by atoms with Crippen LogP contribution in [0.15, 0.2) is 48.6 Å². The van der Waals surface area contributed by atoms with Gasteiger partial charge in [0.2, 0.25) is 0 Å². The number of ether oxygens (including phenoxy) is 5. The van der Waals surface area contributed by atoms with Gasteiger partial charge in [0.05, 0.1) is 11.7 Å². The van der Waals surface area contributed by atoms with E-state index < -0.39 is 11.2 Å². The topological polar surface area (TPSA) is 124 Å². The van der Waals surface area contributed by atoms with Crippen molar-refractivity contribution in [2.45, 2.75) is 94.9 Å². The van der Waals surface area contributed by atoms with Gasteiger partial charge in [-0.05, 0) is 55.9 Å². The number of carbonyl (C=O) groups is 3. The van der Waals surface area contributed by atoms with Gasteiger partial charge in [-0.2, -0.15) is 0 Å². The Kier molecular flexibility index (Phi) is 8.63. The van der Waals surface area contributed by atoms with Gasteiger partial charge in [0.15, 0.2) is 0 Å². The Morgan fingerprint density at radius 2 is 1.41 bits per heavy atom. The third kappa shape index (κ3) is 6.77. The Hall–Kier alpha value is -3.01. The molecule has 2 saturated heterocycles. The Bertz CT molecular complexity index is 1130. The van der Waals surface area contributed by atoms with Crippen molar-refractivity contribution in [2.75, 3.05) is 13.2 Å². The lowest BCUT2D eigenvalue weighted by Crippen LogP contribution is -2.34. The highest BCUT2D eigenvalue weighted by molar-refractivity contribution is 5.89. The zero-order valence-electron chi connectivity index (χ0n) is 22.9. The van der Waals surface area contributed by atoms with Crippen molar-refractivity contribution >= 4 is 17.9 Å². The van der Waals surface area contributed by atoms with E-state index in [2.05, 4.69) is 13.2 Å². The summed E-state index contributed by atoms with van der Waals surface area (Å²) in [6.07, 6.45) is 3.34. The molecule has 2 aliphatic heterocycles. The predicted octanol–water partition coefficient (Wildman–Crippen LogP) is 3.75. The van der Waals surface area contributed by atoms with Crippen LogP contribution in [0.2, 0.25) is 0 Å². The molecule has 2 saturated carbocycles. The van der Waals surface area contributed by atoms with E-state index in [9.17, 15) is 19.5 Å². The maximum absolute atomic E-state index is 12.3. The molecule has 0 aromatic heterocycles. The SMILES string of the molecule is C=C1CCC(O)CC12OC2COC(C)=O.C=C1CCC(OC(=O)c2ccc(C)cc2)CC12OC2COC(C)=O. The molecule has 1 aromatic carbocycles. The molecule has 6 unspecified atom stereocenters. The van der Waals surface area contributed by atoms with E-state index in [1.165, 1.54) is 13.8 Å². The maximum Gasteiger partial charge on any atom is 0.338 e. The third-order valence-corrected chi connectivity index (χ3v) is 7.88. The van der Waals surface area contributed by atoms with Crippen LogP contribution in [-0.2, 0) is 33.3 Å². The number of aryl methyl sites for hydroxylation is 1. The van der Waals surface area contributed by atoms with Crippen molar-refractivity contribution < 1.29 is 43.2 Å². The van der Waals surface area contributed by atoms with Crippen molar-refractivity contribution in [1.82, 2.24) is 0 Å². The van der Waals surface area contributed by atoms with Gasteiger partial charge >= 0.3 is 17.9 Å². The lowest BCUT2D eigenvalue weighted by Gasteiger charge is -2.29.